The highest BCUT2D eigenvalue weighted by Crippen LogP contribution is 2.77. The maximum absolute atomic E-state index is 3.90. The van der Waals surface area contributed by atoms with Gasteiger partial charge in [-0.15, -0.1) is 0 Å². The third kappa shape index (κ3) is 5.35. The molecule has 1 aromatic carbocycles. The van der Waals surface area contributed by atoms with E-state index in [4.69, 9.17) is 0 Å². The van der Waals surface area contributed by atoms with Crippen LogP contribution in [0.1, 0.15) is 5.56 Å². The van der Waals surface area contributed by atoms with Crippen molar-refractivity contribution in [1.82, 2.24) is 0 Å². The molecule has 1 radical (unpaired) electrons. The Labute approximate surface area is 256 Å². The topological polar surface area (TPSA) is 0 Å². The van der Waals surface area contributed by atoms with Gasteiger partial charge >= 0.3 is 0 Å². The van der Waals surface area contributed by atoms with Gasteiger partial charge in [-0.3, -0.25) is 0 Å². The van der Waals surface area contributed by atoms with Gasteiger partial charge in [0.2, 0.25) is 0 Å². The zero-order valence-electron chi connectivity index (χ0n) is 11.2. The Bertz CT molecular complexity index is 576. The van der Waals surface area contributed by atoms with Crippen LogP contribution in [-0.4, -0.2) is 12.9 Å². The van der Waals surface area contributed by atoms with Gasteiger partial charge in [-0.05, 0) is 11.6 Å². The second-order valence-corrected chi connectivity index (χ2v) is 31.8. The normalized spacial score (nSPS) is 15.4. The van der Waals surface area contributed by atoms with Crippen LogP contribution in [0.2, 0.25) is 0 Å². The summed E-state index contributed by atoms with van der Waals surface area (Å²) in [6, 6.07) is 11.0. The van der Waals surface area contributed by atoms with Crippen LogP contribution in [0.4, 0.5) is 0 Å². The Hall–Kier alpha value is 5.46. The molecule has 0 fully saturated rings. The fourth-order valence-electron chi connectivity index (χ4n) is 2.03. The van der Waals surface area contributed by atoms with E-state index in [0.29, 0.717) is 0 Å². The molecule has 1 rings (SSSR count). The van der Waals surface area contributed by atoms with E-state index in [0.717, 1.165) is 5.56 Å². The first kappa shape index (κ1) is 28.5. The van der Waals surface area contributed by atoms with Crippen LogP contribution in [-0.2, 0) is 5.41 Å². The summed E-state index contributed by atoms with van der Waals surface area (Å²) in [4.78, 5) is 0. The summed E-state index contributed by atoms with van der Waals surface area (Å²) in [6.45, 7) is 0. The first-order valence-corrected chi connectivity index (χ1v) is 16.1. The predicted molar refractivity (Wildman–Crippen MR) is 157 cm³/mol. The zero-order valence-corrected chi connectivity index (χ0v) is 31.8. The minimum absolute atomic E-state index is 0.760. The number of alkyl halides is 13. The minimum atomic E-state index is -0.929. The van der Waals surface area contributed by atoms with Crippen molar-refractivity contribution in [3.05, 3.63) is 35.9 Å². The van der Waals surface area contributed by atoms with Gasteiger partial charge < -0.3 is 0 Å². The summed E-state index contributed by atoms with van der Waals surface area (Å²) in [7, 11) is 0. The van der Waals surface area contributed by atoms with Crippen LogP contribution in [0.25, 0.3) is 0 Å². The van der Waals surface area contributed by atoms with Gasteiger partial charge in [-0.2, -0.15) is 0 Å². The standard InChI is InChI=1S/C12H4Br13/c13-8(14,9(15,16)12(23,24)25)7(10(17,18)19,11(20,21)22)6-4-2-1-3-5-6/h1-4H. The number of halogens is 13. The lowest BCUT2D eigenvalue weighted by molar-refractivity contribution is 0.442. The van der Waals surface area contributed by atoms with E-state index in [1.165, 1.54) is 0 Å². The van der Waals surface area contributed by atoms with E-state index in [9.17, 15) is 0 Å². The molecule has 13 heteroatoms. The molecule has 0 saturated heterocycles. The maximum atomic E-state index is 3.90. The molecule has 0 bridgehead atoms. The maximum Gasteiger partial charge on any atom is 0.162 e. The lowest BCUT2D eigenvalue weighted by Crippen LogP contribution is -2.67. The molecule has 0 nitrogen and oxygen atoms in total. The van der Waals surface area contributed by atoms with Gasteiger partial charge in [0.15, 0.2) is 2.14 Å². The molecular formula is C12H4Br13. The number of benzene rings is 1. The van der Waals surface area contributed by atoms with Crippen molar-refractivity contribution in [2.24, 2.45) is 0 Å². The Balaban J connectivity index is 4.05. The molecule has 0 aromatic heterocycles. The Morgan fingerprint density at radius 2 is 1.00 bits per heavy atom. The molecule has 0 heterocycles. The monoisotopic (exact) mass is 1170 g/mol. The third-order valence-corrected chi connectivity index (χ3v) is 18.6. The first-order valence-electron chi connectivity index (χ1n) is 5.78. The Kier molecular flexibility index (Phi) is 11.1. The summed E-state index contributed by atoms with van der Waals surface area (Å²) in [5.41, 5.74) is -0.0537. The van der Waals surface area contributed by atoms with Gasteiger partial charge in [0, 0.05) is 0 Å². The Morgan fingerprint density at radius 3 is 1.28 bits per heavy atom. The molecule has 0 aliphatic carbocycles. The molecule has 0 atom stereocenters. The highest BCUT2D eigenvalue weighted by molar-refractivity contribution is 9.42. The van der Waals surface area contributed by atoms with Gasteiger partial charge in [0.05, 0.1) is 5.41 Å². The molecular weight excluding hydrogens is 1180 g/mol. The van der Waals surface area contributed by atoms with Crippen molar-refractivity contribution in [2.75, 3.05) is 0 Å². The summed E-state index contributed by atoms with van der Waals surface area (Å²) < 4.78 is -4.23. The molecule has 25 heavy (non-hydrogen) atoms. The Morgan fingerprint density at radius 1 is 0.560 bits per heavy atom. The molecule has 0 unspecified atom stereocenters. The van der Waals surface area contributed by atoms with Crippen molar-refractivity contribution in [3.63, 3.8) is 0 Å². The molecule has 0 aliphatic rings. The van der Waals surface area contributed by atoms with Crippen molar-refractivity contribution < 1.29 is 0 Å². The predicted octanol–water partition coefficient (Wildman–Crippen LogP) is 11.2. The van der Waals surface area contributed by atoms with Crippen LogP contribution in [0.3, 0.4) is 0 Å². The lowest BCUT2D eigenvalue weighted by atomic mass is 9.80. The fourth-order valence-corrected chi connectivity index (χ4v) is 17.8. The second kappa shape index (κ2) is 9.75. The van der Waals surface area contributed by atoms with Crippen molar-refractivity contribution in [2.45, 2.75) is 18.3 Å². The SMILES string of the molecule is BrC(Br)(Br)C(Br)(Br)C(Br)(Br)C(c1[c]cccc1)(C(Br)(Br)Br)C(Br)(Br)Br. The number of rotatable bonds is 3. The van der Waals surface area contributed by atoms with Crippen LogP contribution < -0.4 is 0 Å². The van der Waals surface area contributed by atoms with E-state index in [2.05, 4.69) is 213 Å². The van der Waals surface area contributed by atoms with Crippen LogP contribution in [0.5, 0.6) is 0 Å². The van der Waals surface area contributed by atoms with E-state index in [1.54, 1.807) is 0 Å². The highest BCUT2D eigenvalue weighted by atomic mass is 80.0. The third-order valence-electron chi connectivity index (χ3n) is 3.18. The summed E-state index contributed by atoms with van der Waals surface area (Å²) in [6.07, 6.45) is 0. The molecule has 0 aliphatic heterocycles. The largest absolute Gasteiger partial charge is 0.162 e. The number of hydrogen-bond donors (Lipinski definition) is 0. The summed E-state index contributed by atoms with van der Waals surface area (Å²) in [5.74, 6) is 0. The first-order chi connectivity index (χ1) is 10.9. The summed E-state index contributed by atoms with van der Waals surface area (Å²) >= 11 is 48.7. The van der Waals surface area contributed by atoms with Crippen molar-refractivity contribution in [3.8, 4) is 0 Å². The lowest BCUT2D eigenvalue weighted by Gasteiger charge is -2.58. The van der Waals surface area contributed by atoms with Gasteiger partial charge in [-0.25, -0.2) is 0 Å². The minimum Gasteiger partial charge on any atom is -0.0688 e. The molecule has 0 spiro atoms. The molecule has 0 amide bonds. The fraction of sp³-hybridized carbons (Fsp3) is 0.500. The summed E-state index contributed by atoms with van der Waals surface area (Å²) in [5, 5.41) is 0. The smallest absolute Gasteiger partial charge is 0.0688 e. The van der Waals surface area contributed by atoms with Gasteiger partial charge in [-0.1, -0.05) is 231 Å². The molecule has 0 saturated carbocycles. The van der Waals surface area contributed by atoms with Gasteiger partial charge in [0.1, 0.15) is 10.8 Å². The average Bonchev–Trinajstić information content (AvgIpc) is 2.35. The van der Waals surface area contributed by atoms with E-state index in [1.807, 2.05) is 24.3 Å². The molecule has 1 aromatic rings. The highest BCUT2D eigenvalue weighted by Gasteiger charge is 2.76. The van der Waals surface area contributed by atoms with Crippen molar-refractivity contribution >= 4 is 207 Å². The molecule has 143 valence electrons. The number of hydrogen-bond acceptors (Lipinski definition) is 0. The van der Waals surface area contributed by atoms with E-state index in [-0.39, 0.29) is 0 Å². The van der Waals surface area contributed by atoms with Crippen LogP contribution >= 0.6 is 207 Å². The van der Waals surface area contributed by atoms with E-state index >= 15 is 0 Å². The van der Waals surface area contributed by atoms with Crippen molar-refractivity contribution in [1.29, 1.82) is 0 Å². The van der Waals surface area contributed by atoms with Crippen LogP contribution in [0, 0.1) is 6.07 Å². The average molecular weight is 1190 g/mol. The second-order valence-electron chi connectivity index (χ2n) is 4.67. The van der Waals surface area contributed by atoms with E-state index < -0.39 is 18.3 Å². The quantitative estimate of drug-likeness (QED) is 0.265. The van der Waals surface area contributed by atoms with Crippen LogP contribution in [0.15, 0.2) is 24.3 Å². The molecule has 0 N–H and O–H groups in total. The van der Waals surface area contributed by atoms with Gasteiger partial charge in [0.25, 0.3) is 0 Å². The zero-order chi connectivity index (χ0) is 20.1.